The third kappa shape index (κ3) is 6.92. The minimum absolute atomic E-state index is 0.0930. The number of hydrogen-bond donors (Lipinski definition) is 2. The first kappa shape index (κ1) is 25.5. The Labute approximate surface area is 204 Å². The number of carbonyl (C=O) groups excluding carboxylic acids is 2. The maximum Gasteiger partial charge on any atom is 0.269 e. The lowest BCUT2D eigenvalue weighted by atomic mass is 10.1. The number of benzene rings is 2. The maximum atomic E-state index is 13.1. The molecule has 2 amide bonds. The van der Waals surface area contributed by atoms with Crippen LogP contribution in [0.5, 0.6) is 0 Å². The number of nitro groups is 1. The summed E-state index contributed by atoms with van der Waals surface area (Å²) in [4.78, 5) is 38.2. The summed E-state index contributed by atoms with van der Waals surface area (Å²) in [6.45, 7) is 5.86. The van der Waals surface area contributed by atoms with Crippen molar-refractivity contribution in [1.82, 2.24) is 5.32 Å². The first-order valence-electron chi connectivity index (χ1n) is 11.7. The lowest BCUT2D eigenvalue weighted by Crippen LogP contribution is -2.30. The molecule has 3 rings (SSSR count). The topological polar surface area (TPSA) is 118 Å². The molecule has 0 radical (unpaired) electrons. The molecule has 0 aliphatic rings. The van der Waals surface area contributed by atoms with Crippen molar-refractivity contribution in [2.75, 3.05) is 23.3 Å². The zero-order valence-electron chi connectivity index (χ0n) is 20.0. The van der Waals surface area contributed by atoms with Gasteiger partial charge in [-0.3, -0.25) is 19.7 Å². The number of anilines is 2. The van der Waals surface area contributed by atoms with Gasteiger partial charge in [0.2, 0.25) is 0 Å². The first-order chi connectivity index (χ1) is 16.9. The number of hydrogen-bond acceptors (Lipinski definition) is 6. The summed E-state index contributed by atoms with van der Waals surface area (Å²) in [6, 6.07) is 14.3. The van der Waals surface area contributed by atoms with Gasteiger partial charge >= 0.3 is 0 Å². The predicted octanol–water partition coefficient (Wildman–Crippen LogP) is 5.39. The molecule has 9 nitrogen and oxygen atoms in total. The van der Waals surface area contributed by atoms with E-state index in [0.717, 1.165) is 37.3 Å². The van der Waals surface area contributed by atoms with Crippen LogP contribution >= 0.6 is 0 Å². The number of nitrogens with one attached hydrogen (secondary N) is 2. The molecule has 35 heavy (non-hydrogen) atoms. The van der Waals surface area contributed by atoms with E-state index in [1.165, 1.54) is 24.3 Å². The van der Waals surface area contributed by atoms with Crippen molar-refractivity contribution in [2.24, 2.45) is 0 Å². The zero-order valence-corrected chi connectivity index (χ0v) is 20.0. The monoisotopic (exact) mass is 478 g/mol. The average molecular weight is 479 g/mol. The highest BCUT2D eigenvalue weighted by Crippen LogP contribution is 2.27. The molecule has 0 saturated carbocycles. The molecule has 2 N–H and O–H groups in total. The number of non-ortho nitro benzene ring substituents is 1. The van der Waals surface area contributed by atoms with Crippen molar-refractivity contribution >= 4 is 28.9 Å². The molecule has 0 atom stereocenters. The van der Waals surface area contributed by atoms with Crippen molar-refractivity contribution < 1.29 is 18.9 Å². The van der Waals surface area contributed by atoms with Gasteiger partial charge in [-0.25, -0.2) is 0 Å². The second-order valence-corrected chi connectivity index (χ2v) is 8.10. The van der Waals surface area contributed by atoms with E-state index in [9.17, 15) is 19.7 Å². The fourth-order valence-corrected chi connectivity index (χ4v) is 3.57. The highest BCUT2D eigenvalue weighted by atomic mass is 16.6. The molecule has 0 unspecified atom stereocenters. The van der Waals surface area contributed by atoms with Gasteiger partial charge < -0.3 is 20.0 Å². The molecule has 0 aliphatic carbocycles. The lowest BCUT2D eigenvalue weighted by molar-refractivity contribution is -0.384. The molecule has 184 valence electrons. The smallest absolute Gasteiger partial charge is 0.269 e. The van der Waals surface area contributed by atoms with Gasteiger partial charge in [0.15, 0.2) is 0 Å². The predicted molar refractivity (Wildman–Crippen MR) is 135 cm³/mol. The first-order valence-corrected chi connectivity index (χ1v) is 11.7. The summed E-state index contributed by atoms with van der Waals surface area (Å²) in [5.74, 6) is 0.136. The van der Waals surface area contributed by atoms with Crippen LogP contribution in [0.15, 0.2) is 65.3 Å². The molecular formula is C26H30N4O5. The van der Waals surface area contributed by atoms with E-state index in [-0.39, 0.29) is 17.2 Å². The molecule has 0 spiro atoms. The van der Waals surface area contributed by atoms with Gasteiger partial charge in [0, 0.05) is 36.5 Å². The molecule has 1 aromatic heterocycles. The van der Waals surface area contributed by atoms with E-state index in [0.29, 0.717) is 24.3 Å². The number of nitro benzene ring substituents is 1. The Kier molecular flexibility index (Phi) is 9.00. The Morgan fingerprint density at radius 1 is 1.03 bits per heavy atom. The van der Waals surface area contributed by atoms with Crippen LogP contribution in [-0.2, 0) is 6.54 Å². The molecular weight excluding hydrogens is 448 g/mol. The van der Waals surface area contributed by atoms with Crippen molar-refractivity contribution in [3.05, 3.63) is 87.9 Å². The molecule has 0 bridgehead atoms. The highest BCUT2D eigenvalue weighted by molar-refractivity contribution is 6.06. The number of nitrogens with zero attached hydrogens (tertiary/aromatic N) is 2. The van der Waals surface area contributed by atoms with Gasteiger partial charge in [-0.15, -0.1) is 0 Å². The molecule has 1 heterocycles. The second kappa shape index (κ2) is 12.4. The fraction of sp³-hybridized carbons (Fsp3) is 0.308. The van der Waals surface area contributed by atoms with Gasteiger partial charge in [0.1, 0.15) is 5.76 Å². The van der Waals surface area contributed by atoms with Crippen LogP contribution in [0.1, 0.15) is 59.6 Å². The Morgan fingerprint density at radius 3 is 2.43 bits per heavy atom. The number of amides is 2. The summed E-state index contributed by atoms with van der Waals surface area (Å²) >= 11 is 0. The van der Waals surface area contributed by atoms with Crippen molar-refractivity contribution in [2.45, 2.75) is 39.7 Å². The summed E-state index contributed by atoms with van der Waals surface area (Å²) in [5, 5.41) is 16.6. The minimum Gasteiger partial charge on any atom is -0.467 e. The van der Waals surface area contributed by atoms with Crippen LogP contribution in [0.25, 0.3) is 0 Å². The van der Waals surface area contributed by atoms with E-state index in [1.807, 2.05) is 25.1 Å². The van der Waals surface area contributed by atoms with E-state index in [2.05, 4.69) is 22.5 Å². The van der Waals surface area contributed by atoms with Crippen LogP contribution in [-0.4, -0.2) is 29.8 Å². The largest absolute Gasteiger partial charge is 0.467 e. The van der Waals surface area contributed by atoms with Crippen LogP contribution in [0.3, 0.4) is 0 Å². The standard InChI is InChI=1S/C26H30N4O5/c1-3-5-15-29(18-22-7-6-16-35-22)24-13-10-20(17-23(24)26(32)27-14-4-2)28-25(31)19-8-11-21(12-9-19)30(33)34/h6-13,16-17H,3-5,14-15,18H2,1-2H3,(H,27,32)(H,28,31). The number of unbranched alkanes of at least 4 members (excludes halogenated alkanes) is 1. The molecule has 3 aromatic rings. The zero-order chi connectivity index (χ0) is 25.2. The van der Waals surface area contributed by atoms with Gasteiger partial charge in [-0.05, 0) is 55.3 Å². The lowest BCUT2D eigenvalue weighted by Gasteiger charge is -2.26. The summed E-state index contributed by atoms with van der Waals surface area (Å²) < 4.78 is 5.54. The fourth-order valence-electron chi connectivity index (χ4n) is 3.57. The summed E-state index contributed by atoms with van der Waals surface area (Å²) in [7, 11) is 0. The van der Waals surface area contributed by atoms with Crippen molar-refractivity contribution in [1.29, 1.82) is 0 Å². The van der Waals surface area contributed by atoms with Gasteiger partial charge in [0.05, 0.1) is 29.0 Å². The van der Waals surface area contributed by atoms with E-state index in [1.54, 1.807) is 18.4 Å². The number of furan rings is 1. The molecule has 9 heteroatoms. The number of carbonyl (C=O) groups is 2. The van der Waals surface area contributed by atoms with E-state index < -0.39 is 10.8 Å². The Bertz CT molecular complexity index is 1140. The maximum absolute atomic E-state index is 13.1. The Balaban J connectivity index is 1.90. The molecule has 0 fully saturated rings. The quantitative estimate of drug-likeness (QED) is 0.266. The van der Waals surface area contributed by atoms with Crippen LogP contribution in [0, 0.1) is 10.1 Å². The average Bonchev–Trinajstić information content (AvgIpc) is 3.38. The Morgan fingerprint density at radius 2 is 1.80 bits per heavy atom. The van der Waals surface area contributed by atoms with Crippen molar-refractivity contribution in [3.63, 3.8) is 0 Å². The molecule has 2 aromatic carbocycles. The van der Waals surface area contributed by atoms with E-state index in [4.69, 9.17) is 4.42 Å². The third-order valence-electron chi connectivity index (χ3n) is 5.42. The Hall–Kier alpha value is -4.14. The van der Waals surface area contributed by atoms with Crippen molar-refractivity contribution in [3.8, 4) is 0 Å². The molecule has 0 saturated heterocycles. The molecule has 0 aliphatic heterocycles. The normalized spacial score (nSPS) is 10.6. The highest BCUT2D eigenvalue weighted by Gasteiger charge is 2.19. The minimum atomic E-state index is -0.519. The van der Waals surface area contributed by atoms with Gasteiger partial charge in [-0.2, -0.15) is 0 Å². The SMILES string of the molecule is CCCCN(Cc1ccco1)c1ccc(NC(=O)c2ccc([N+](=O)[O-])cc2)cc1C(=O)NCCC. The number of rotatable bonds is 12. The second-order valence-electron chi connectivity index (χ2n) is 8.10. The summed E-state index contributed by atoms with van der Waals surface area (Å²) in [5.41, 5.74) is 1.83. The van der Waals surface area contributed by atoms with Crippen LogP contribution in [0.2, 0.25) is 0 Å². The summed E-state index contributed by atoms with van der Waals surface area (Å²) in [6.07, 6.45) is 4.35. The van der Waals surface area contributed by atoms with Gasteiger partial charge in [0.25, 0.3) is 17.5 Å². The van der Waals surface area contributed by atoms with Gasteiger partial charge in [-0.1, -0.05) is 20.3 Å². The van der Waals surface area contributed by atoms with Crippen LogP contribution < -0.4 is 15.5 Å². The third-order valence-corrected chi connectivity index (χ3v) is 5.42. The van der Waals surface area contributed by atoms with Crippen LogP contribution in [0.4, 0.5) is 17.1 Å². The van der Waals surface area contributed by atoms with E-state index >= 15 is 0 Å².